The number of alkyl halides is 2. The molecule has 184 valence electrons. The summed E-state index contributed by atoms with van der Waals surface area (Å²) in [6.07, 6.45) is -3.13. The number of hydrogen-bond donors (Lipinski definition) is 3. The van der Waals surface area contributed by atoms with Gasteiger partial charge in [0.2, 0.25) is 0 Å². The molecule has 3 aromatic rings. The second-order valence-corrected chi connectivity index (χ2v) is 8.75. The van der Waals surface area contributed by atoms with E-state index in [0.717, 1.165) is 16.7 Å². The minimum absolute atomic E-state index is 0.0626. The Bertz CT molecular complexity index is 1210. The Hall–Kier alpha value is -3.47. The Morgan fingerprint density at radius 2 is 1.80 bits per heavy atom. The van der Waals surface area contributed by atoms with Gasteiger partial charge in [0.15, 0.2) is 6.23 Å². The lowest BCUT2D eigenvalue weighted by atomic mass is 10.0. The van der Waals surface area contributed by atoms with Gasteiger partial charge in [-0.2, -0.15) is 8.78 Å². The predicted octanol–water partition coefficient (Wildman–Crippen LogP) is 4.29. The zero-order valence-electron chi connectivity index (χ0n) is 19.2. The highest BCUT2D eigenvalue weighted by atomic mass is 19.3. The summed E-state index contributed by atoms with van der Waals surface area (Å²) in [5, 5.41) is 22.6. The summed E-state index contributed by atoms with van der Waals surface area (Å²) in [6.45, 7) is 2.84. The lowest BCUT2D eigenvalue weighted by molar-refractivity contribution is -0.158. The maximum atomic E-state index is 13.1. The van der Waals surface area contributed by atoms with Crippen molar-refractivity contribution in [2.24, 2.45) is 4.99 Å². The molecule has 5 rings (SSSR count). The molecular weight excluding hydrogens is 458 g/mol. The number of hydrazine groups is 1. The number of fused-ring (bicyclic) bond motifs is 1. The largest absolute Gasteiger partial charge is 0.433 e. The summed E-state index contributed by atoms with van der Waals surface area (Å²) in [7, 11) is 0. The fourth-order valence-electron chi connectivity index (χ4n) is 4.35. The highest BCUT2D eigenvalue weighted by molar-refractivity contribution is 5.77. The number of nitrogens with zero attached hydrogens (tertiary/aromatic N) is 3. The Labute approximate surface area is 201 Å². The molecule has 0 amide bonds. The first kappa shape index (κ1) is 23.3. The van der Waals surface area contributed by atoms with E-state index in [9.17, 15) is 19.0 Å². The van der Waals surface area contributed by atoms with Crippen molar-refractivity contribution in [3.63, 3.8) is 0 Å². The third kappa shape index (κ3) is 4.72. The molecule has 0 bridgehead atoms. The number of rotatable bonds is 6. The van der Waals surface area contributed by atoms with E-state index >= 15 is 0 Å². The van der Waals surface area contributed by atoms with E-state index in [2.05, 4.69) is 15.2 Å². The fraction of sp³-hybridized carbons (Fsp3) is 0.320. The molecule has 0 saturated carbocycles. The van der Waals surface area contributed by atoms with Crippen molar-refractivity contribution in [1.29, 1.82) is 0 Å². The van der Waals surface area contributed by atoms with Crippen LogP contribution in [0.1, 0.15) is 25.6 Å². The lowest BCUT2D eigenvalue weighted by Gasteiger charge is -2.26. The molecule has 0 radical (unpaired) electrons. The Morgan fingerprint density at radius 1 is 1.09 bits per heavy atom. The van der Waals surface area contributed by atoms with Crippen LogP contribution >= 0.6 is 0 Å². The Morgan fingerprint density at radius 3 is 2.43 bits per heavy atom. The molecule has 2 aliphatic rings. The summed E-state index contributed by atoms with van der Waals surface area (Å²) in [6, 6.07) is 16.0. The minimum Gasteiger partial charge on any atom is -0.433 e. The van der Waals surface area contributed by atoms with Crippen molar-refractivity contribution in [3.05, 3.63) is 66.4 Å². The molecule has 10 heteroatoms. The third-order valence-electron chi connectivity index (χ3n) is 6.02. The van der Waals surface area contributed by atoms with Crippen LogP contribution in [0.3, 0.4) is 0 Å². The maximum absolute atomic E-state index is 13.1. The monoisotopic (exact) mass is 484 g/mol. The standard InChI is InChI=1S/C25H26F2N4O4/c1-15-21(32)22(33)24(34-15)31-13-19(16-6-4-3-5-7-16)20-12-30(14-28-23(20)31)29-17-8-10-18(11-9-17)35-25(2,26)27/h3-11,13-15,21-22,24,29,32-33H,12H2,1-2H3/t15-,21-,22-,24-/m1/s1. The number of aromatic nitrogens is 1. The molecule has 4 atom stereocenters. The van der Waals surface area contributed by atoms with E-state index in [1.165, 1.54) is 12.1 Å². The van der Waals surface area contributed by atoms with Gasteiger partial charge >= 0.3 is 6.11 Å². The molecule has 1 fully saturated rings. The van der Waals surface area contributed by atoms with E-state index in [-0.39, 0.29) is 5.75 Å². The normalized spacial score (nSPS) is 23.9. The van der Waals surface area contributed by atoms with Crippen molar-refractivity contribution in [2.75, 3.05) is 5.43 Å². The minimum atomic E-state index is -3.25. The molecule has 2 aliphatic heterocycles. The van der Waals surface area contributed by atoms with Gasteiger partial charge in [-0.05, 0) is 36.8 Å². The fourth-order valence-corrected chi connectivity index (χ4v) is 4.35. The van der Waals surface area contributed by atoms with Gasteiger partial charge in [-0.1, -0.05) is 30.3 Å². The van der Waals surface area contributed by atoms with Crippen LogP contribution in [-0.2, 0) is 11.3 Å². The average Bonchev–Trinajstić information content (AvgIpc) is 3.32. The number of aliphatic hydroxyl groups is 2. The predicted molar refractivity (Wildman–Crippen MR) is 126 cm³/mol. The molecule has 3 N–H and O–H groups in total. The van der Waals surface area contributed by atoms with Gasteiger partial charge in [0, 0.05) is 24.2 Å². The number of nitrogens with one attached hydrogen (secondary N) is 1. The van der Waals surface area contributed by atoms with E-state index in [0.29, 0.717) is 25.0 Å². The van der Waals surface area contributed by atoms with E-state index in [1.54, 1.807) is 35.0 Å². The number of aliphatic imine (C=N–C) groups is 1. The zero-order valence-corrected chi connectivity index (χ0v) is 19.2. The molecule has 1 aromatic heterocycles. The molecule has 0 spiro atoms. The van der Waals surface area contributed by atoms with Crippen LogP contribution in [0.25, 0.3) is 11.1 Å². The zero-order chi connectivity index (χ0) is 24.7. The lowest BCUT2D eigenvalue weighted by Crippen LogP contribution is -2.31. The molecule has 35 heavy (non-hydrogen) atoms. The van der Waals surface area contributed by atoms with Crippen LogP contribution in [0.2, 0.25) is 0 Å². The number of benzene rings is 2. The van der Waals surface area contributed by atoms with Gasteiger partial charge in [-0.25, -0.2) is 4.99 Å². The number of halogens is 2. The van der Waals surface area contributed by atoms with Crippen LogP contribution in [-0.4, -0.2) is 50.5 Å². The van der Waals surface area contributed by atoms with Crippen LogP contribution in [0.5, 0.6) is 5.75 Å². The third-order valence-corrected chi connectivity index (χ3v) is 6.02. The summed E-state index contributed by atoms with van der Waals surface area (Å²) >= 11 is 0. The molecule has 8 nitrogen and oxygen atoms in total. The first-order valence-corrected chi connectivity index (χ1v) is 11.2. The maximum Gasteiger partial charge on any atom is 0.394 e. The number of hydrogen-bond acceptors (Lipinski definition) is 7. The van der Waals surface area contributed by atoms with E-state index in [1.807, 2.05) is 36.5 Å². The molecule has 2 aromatic carbocycles. The molecule has 0 unspecified atom stereocenters. The van der Waals surface area contributed by atoms with Gasteiger partial charge in [0.1, 0.15) is 30.1 Å². The topological polar surface area (TPSA) is 91.5 Å². The smallest absolute Gasteiger partial charge is 0.394 e. The van der Waals surface area contributed by atoms with E-state index in [4.69, 9.17) is 4.74 Å². The van der Waals surface area contributed by atoms with Crippen LogP contribution < -0.4 is 10.2 Å². The summed E-state index contributed by atoms with van der Waals surface area (Å²) < 4.78 is 38.3. The number of aliphatic hydroxyl groups excluding tert-OH is 2. The van der Waals surface area contributed by atoms with Crippen LogP contribution in [0, 0.1) is 0 Å². The first-order valence-electron chi connectivity index (χ1n) is 11.2. The van der Waals surface area contributed by atoms with Crippen LogP contribution in [0.15, 0.2) is 65.8 Å². The van der Waals surface area contributed by atoms with Gasteiger partial charge in [0.05, 0.1) is 18.3 Å². The second kappa shape index (κ2) is 8.95. The summed E-state index contributed by atoms with van der Waals surface area (Å²) in [5.41, 5.74) is 6.67. The summed E-state index contributed by atoms with van der Waals surface area (Å²) in [4.78, 5) is 4.62. The van der Waals surface area contributed by atoms with Crippen LogP contribution in [0.4, 0.5) is 20.3 Å². The van der Waals surface area contributed by atoms with Crippen molar-refractivity contribution in [3.8, 4) is 16.9 Å². The molecule has 1 saturated heterocycles. The Kier molecular flexibility index (Phi) is 5.96. The van der Waals surface area contributed by atoms with E-state index < -0.39 is 30.6 Å². The highest BCUT2D eigenvalue weighted by Gasteiger charge is 2.42. The molecular formula is C25H26F2N4O4. The number of ether oxygens (including phenoxy) is 2. The Balaban J connectivity index is 1.43. The van der Waals surface area contributed by atoms with Gasteiger partial charge in [0.25, 0.3) is 0 Å². The quantitative estimate of drug-likeness (QED) is 0.484. The van der Waals surface area contributed by atoms with Crippen molar-refractivity contribution >= 4 is 17.8 Å². The highest BCUT2D eigenvalue weighted by Crippen LogP contribution is 2.41. The van der Waals surface area contributed by atoms with Crippen molar-refractivity contribution in [2.45, 2.75) is 51.0 Å². The van der Waals surface area contributed by atoms with Gasteiger partial charge < -0.3 is 24.3 Å². The van der Waals surface area contributed by atoms with Crippen molar-refractivity contribution in [1.82, 2.24) is 9.58 Å². The SMILES string of the molecule is C[C@H]1O[C@@H](n2cc(-c3ccccc3)c3c2N=CN(Nc2ccc(OC(C)(F)F)cc2)C3)[C@H](O)[C@@H]1O. The van der Waals surface area contributed by atoms with Gasteiger partial charge in [-0.3, -0.25) is 10.4 Å². The van der Waals surface area contributed by atoms with Gasteiger partial charge in [-0.15, -0.1) is 0 Å². The first-order chi connectivity index (χ1) is 16.7. The van der Waals surface area contributed by atoms with Crippen molar-refractivity contribution < 1.29 is 28.5 Å². The molecule has 0 aliphatic carbocycles. The number of anilines is 1. The second-order valence-electron chi connectivity index (χ2n) is 8.75. The summed E-state index contributed by atoms with van der Waals surface area (Å²) in [5.74, 6) is 0.689. The molecule has 3 heterocycles. The average molecular weight is 485 g/mol.